The van der Waals surface area contributed by atoms with Crippen LogP contribution in [0, 0.1) is 5.41 Å². The van der Waals surface area contributed by atoms with Crippen molar-refractivity contribution in [2.24, 2.45) is 5.41 Å². The molecule has 4 nitrogen and oxygen atoms in total. The van der Waals surface area contributed by atoms with Gasteiger partial charge >= 0.3 is 0 Å². The number of amides is 1. The molecule has 0 atom stereocenters. The lowest BCUT2D eigenvalue weighted by molar-refractivity contribution is -0.0326. The monoisotopic (exact) mass is 355 g/mol. The molecular formula is C20H25N3OS. The molecule has 2 saturated heterocycles. The van der Waals surface area contributed by atoms with E-state index in [-0.39, 0.29) is 5.91 Å². The van der Waals surface area contributed by atoms with Gasteiger partial charge < -0.3 is 9.80 Å². The molecular weight excluding hydrogens is 330 g/mol. The number of carbonyl (C=O) groups is 1. The van der Waals surface area contributed by atoms with Crippen LogP contribution >= 0.6 is 11.3 Å². The van der Waals surface area contributed by atoms with E-state index in [9.17, 15) is 4.79 Å². The van der Waals surface area contributed by atoms with Crippen molar-refractivity contribution in [2.75, 3.05) is 32.7 Å². The number of piperidine rings is 1. The quantitative estimate of drug-likeness (QED) is 0.826. The first-order chi connectivity index (χ1) is 12.2. The number of carbonyl (C=O) groups excluding carboxylic acids is 1. The number of thiazole rings is 1. The molecule has 0 bridgehead atoms. The largest absolute Gasteiger partial charge is 0.336 e. The maximum atomic E-state index is 12.3. The van der Waals surface area contributed by atoms with Crippen molar-refractivity contribution in [1.29, 1.82) is 0 Å². The summed E-state index contributed by atoms with van der Waals surface area (Å²) in [6.07, 6.45) is 4.84. The van der Waals surface area contributed by atoms with Crippen molar-refractivity contribution in [3.05, 3.63) is 52.5 Å². The minimum absolute atomic E-state index is 0.108. The molecule has 0 radical (unpaired) electrons. The predicted octanol–water partition coefficient (Wildman–Crippen LogP) is 3.31. The van der Waals surface area contributed by atoms with Crippen LogP contribution in [0.15, 0.2) is 41.2 Å². The Morgan fingerprint density at radius 3 is 2.60 bits per heavy atom. The number of hydrogen-bond acceptors (Lipinski definition) is 4. The van der Waals surface area contributed by atoms with Gasteiger partial charge in [-0.15, -0.1) is 11.3 Å². The van der Waals surface area contributed by atoms with Gasteiger partial charge in [0.15, 0.2) is 0 Å². The van der Waals surface area contributed by atoms with Crippen molar-refractivity contribution < 1.29 is 4.79 Å². The molecule has 25 heavy (non-hydrogen) atoms. The van der Waals surface area contributed by atoms with Crippen molar-refractivity contribution in [1.82, 2.24) is 14.8 Å². The summed E-state index contributed by atoms with van der Waals surface area (Å²) >= 11 is 1.49. The lowest BCUT2D eigenvalue weighted by Crippen LogP contribution is -2.61. The van der Waals surface area contributed by atoms with Crippen LogP contribution in [0.5, 0.6) is 0 Å². The van der Waals surface area contributed by atoms with Crippen LogP contribution in [-0.2, 0) is 6.42 Å². The molecule has 1 aromatic heterocycles. The number of likely N-dealkylation sites (tertiary alicyclic amines) is 2. The van der Waals surface area contributed by atoms with Crippen LogP contribution < -0.4 is 0 Å². The predicted molar refractivity (Wildman–Crippen MR) is 101 cm³/mol. The molecule has 2 fully saturated rings. The Balaban J connectivity index is 1.19. The second-order valence-electron chi connectivity index (χ2n) is 7.47. The molecule has 3 heterocycles. The molecule has 2 aliphatic heterocycles. The zero-order valence-electron chi connectivity index (χ0n) is 14.6. The van der Waals surface area contributed by atoms with Gasteiger partial charge in [0, 0.05) is 23.9 Å². The molecule has 2 aromatic rings. The Morgan fingerprint density at radius 2 is 1.92 bits per heavy atom. The fourth-order valence-electron chi connectivity index (χ4n) is 4.11. The van der Waals surface area contributed by atoms with Gasteiger partial charge in [-0.25, -0.2) is 4.98 Å². The summed E-state index contributed by atoms with van der Waals surface area (Å²) in [4.78, 5) is 21.0. The summed E-state index contributed by atoms with van der Waals surface area (Å²) in [5, 5.41) is 1.85. The van der Waals surface area contributed by atoms with Crippen molar-refractivity contribution >= 4 is 17.2 Å². The highest BCUT2D eigenvalue weighted by molar-refractivity contribution is 7.07. The molecule has 0 N–H and O–H groups in total. The zero-order chi connectivity index (χ0) is 17.1. The number of benzene rings is 1. The lowest BCUT2D eigenvalue weighted by Gasteiger charge is -2.53. The van der Waals surface area contributed by atoms with Crippen LogP contribution in [0.3, 0.4) is 0 Å². The normalized spacial score (nSPS) is 19.8. The van der Waals surface area contributed by atoms with E-state index in [1.54, 1.807) is 5.51 Å². The minimum Gasteiger partial charge on any atom is -0.336 e. The third-order valence-electron chi connectivity index (χ3n) is 5.69. The van der Waals surface area contributed by atoms with Crippen molar-refractivity contribution in [2.45, 2.75) is 25.7 Å². The maximum Gasteiger partial charge on any atom is 0.273 e. The van der Waals surface area contributed by atoms with Gasteiger partial charge in [0.1, 0.15) is 5.69 Å². The third-order valence-corrected chi connectivity index (χ3v) is 6.28. The molecule has 1 spiro atoms. The number of nitrogens with zero attached hydrogens (tertiary/aromatic N) is 3. The smallest absolute Gasteiger partial charge is 0.273 e. The second kappa shape index (κ2) is 7.26. The average Bonchev–Trinajstić information content (AvgIpc) is 3.15. The molecule has 0 saturated carbocycles. The summed E-state index contributed by atoms with van der Waals surface area (Å²) in [6, 6.07) is 10.8. The highest BCUT2D eigenvalue weighted by Gasteiger charge is 2.46. The van der Waals surface area contributed by atoms with Gasteiger partial charge in [-0.3, -0.25) is 4.79 Å². The standard InChI is InChI=1S/C20H25N3OS/c24-19(18-13-25-16-21-18)23-14-20(15-23)8-11-22(12-9-20)10-4-7-17-5-2-1-3-6-17/h1-3,5-6,13,16H,4,7-12,14-15H2. The van der Waals surface area contributed by atoms with Crippen molar-refractivity contribution in [3.63, 3.8) is 0 Å². The number of rotatable bonds is 5. The molecule has 132 valence electrons. The SMILES string of the molecule is O=C(c1cscn1)N1CC2(CCN(CCCc3ccccc3)CC2)C1. The van der Waals surface area contributed by atoms with Gasteiger partial charge in [0.05, 0.1) is 5.51 Å². The van der Waals surface area contributed by atoms with Crippen LogP contribution in [-0.4, -0.2) is 53.4 Å². The van der Waals surface area contributed by atoms with E-state index < -0.39 is 0 Å². The highest BCUT2D eigenvalue weighted by atomic mass is 32.1. The molecule has 1 amide bonds. The summed E-state index contributed by atoms with van der Waals surface area (Å²) in [6.45, 7) is 5.37. The minimum atomic E-state index is 0.108. The van der Waals surface area contributed by atoms with Crippen LogP contribution in [0.2, 0.25) is 0 Å². The van der Waals surface area contributed by atoms with Gasteiger partial charge in [-0.1, -0.05) is 30.3 Å². The highest BCUT2D eigenvalue weighted by Crippen LogP contribution is 2.41. The Hall–Kier alpha value is -1.72. The average molecular weight is 356 g/mol. The van der Waals surface area contributed by atoms with Crippen molar-refractivity contribution in [3.8, 4) is 0 Å². The Kier molecular flexibility index (Phi) is 4.86. The first kappa shape index (κ1) is 16.7. The summed E-state index contributed by atoms with van der Waals surface area (Å²) in [5.74, 6) is 0.108. The Morgan fingerprint density at radius 1 is 1.16 bits per heavy atom. The molecule has 0 aliphatic carbocycles. The summed E-state index contributed by atoms with van der Waals surface area (Å²) in [7, 11) is 0. The van der Waals surface area contributed by atoms with Gasteiger partial charge in [0.2, 0.25) is 0 Å². The fourth-order valence-corrected chi connectivity index (χ4v) is 4.63. The van der Waals surface area contributed by atoms with E-state index in [0.717, 1.165) is 13.1 Å². The molecule has 2 aliphatic rings. The van der Waals surface area contributed by atoms with Gasteiger partial charge in [0.25, 0.3) is 5.91 Å². The number of aromatic nitrogens is 1. The number of hydrogen-bond donors (Lipinski definition) is 0. The van der Waals surface area contributed by atoms with E-state index in [1.165, 1.54) is 62.2 Å². The summed E-state index contributed by atoms with van der Waals surface area (Å²) in [5.41, 5.74) is 4.16. The number of aryl methyl sites for hydroxylation is 1. The van der Waals surface area contributed by atoms with E-state index in [2.05, 4.69) is 40.2 Å². The van der Waals surface area contributed by atoms with E-state index in [1.807, 2.05) is 10.3 Å². The Bertz CT molecular complexity index is 685. The van der Waals surface area contributed by atoms with Crippen LogP contribution in [0.1, 0.15) is 35.3 Å². The third kappa shape index (κ3) is 3.77. The first-order valence-electron chi connectivity index (χ1n) is 9.18. The Labute approximate surface area is 153 Å². The van der Waals surface area contributed by atoms with E-state index in [0.29, 0.717) is 11.1 Å². The maximum absolute atomic E-state index is 12.3. The lowest BCUT2D eigenvalue weighted by atomic mass is 9.72. The topological polar surface area (TPSA) is 36.4 Å². The first-order valence-corrected chi connectivity index (χ1v) is 10.1. The zero-order valence-corrected chi connectivity index (χ0v) is 15.4. The molecule has 0 unspecified atom stereocenters. The van der Waals surface area contributed by atoms with E-state index >= 15 is 0 Å². The second-order valence-corrected chi connectivity index (χ2v) is 8.18. The van der Waals surface area contributed by atoms with Crippen LogP contribution in [0.4, 0.5) is 0 Å². The summed E-state index contributed by atoms with van der Waals surface area (Å²) < 4.78 is 0. The molecule has 1 aromatic carbocycles. The van der Waals surface area contributed by atoms with Gasteiger partial charge in [-0.05, 0) is 50.9 Å². The van der Waals surface area contributed by atoms with Gasteiger partial charge in [-0.2, -0.15) is 0 Å². The van der Waals surface area contributed by atoms with Crippen LogP contribution in [0.25, 0.3) is 0 Å². The fraction of sp³-hybridized carbons (Fsp3) is 0.500. The molecule has 4 rings (SSSR count). The van der Waals surface area contributed by atoms with E-state index in [4.69, 9.17) is 0 Å². The molecule has 5 heteroatoms.